The summed E-state index contributed by atoms with van der Waals surface area (Å²) >= 11 is 0. The molecule has 158 valence electrons. The zero-order valence-corrected chi connectivity index (χ0v) is 18.3. The summed E-state index contributed by atoms with van der Waals surface area (Å²) in [6.07, 6.45) is 0. The summed E-state index contributed by atoms with van der Waals surface area (Å²) in [7, 11) is -3.81. The first kappa shape index (κ1) is 21.0. The van der Waals surface area contributed by atoms with Gasteiger partial charge >= 0.3 is 0 Å². The van der Waals surface area contributed by atoms with Crippen LogP contribution in [0.5, 0.6) is 0 Å². The number of pyridine rings is 1. The molecule has 1 heterocycles. The molecular weight excluding hydrogens is 408 g/mol. The number of hydrogen-bond donors (Lipinski definition) is 1. The number of aromatic nitrogens is 1. The highest BCUT2D eigenvalue weighted by Crippen LogP contribution is 2.22. The lowest BCUT2D eigenvalue weighted by molar-refractivity contribution is 0.400. The van der Waals surface area contributed by atoms with Gasteiger partial charge in [-0.25, -0.2) is 8.42 Å². The smallest absolute Gasteiger partial charge is 0.252 e. The van der Waals surface area contributed by atoms with E-state index in [0.717, 1.165) is 27.6 Å². The maximum atomic E-state index is 13.5. The van der Waals surface area contributed by atoms with Crippen LogP contribution in [0.3, 0.4) is 0 Å². The van der Waals surface area contributed by atoms with E-state index in [1.54, 1.807) is 30.3 Å². The van der Waals surface area contributed by atoms with E-state index in [9.17, 15) is 13.2 Å². The van der Waals surface area contributed by atoms with Gasteiger partial charge in [-0.15, -0.1) is 0 Å². The lowest BCUT2D eigenvalue weighted by Gasteiger charge is -2.22. The van der Waals surface area contributed by atoms with Gasteiger partial charge in [0.05, 0.1) is 4.90 Å². The molecule has 0 aliphatic heterocycles. The van der Waals surface area contributed by atoms with Gasteiger partial charge in [-0.05, 0) is 54.6 Å². The predicted molar refractivity (Wildman–Crippen MR) is 123 cm³/mol. The first-order valence-corrected chi connectivity index (χ1v) is 11.5. The second kappa shape index (κ2) is 8.49. The SMILES string of the molecule is Cc1ccc(S(=O)(=O)N(Cc2ccccc2)Cc2cc3ccc(C)cc3[nH]c2=O)cc1. The Labute approximate surface area is 182 Å². The molecule has 0 fully saturated rings. The van der Waals surface area contributed by atoms with Gasteiger partial charge in [0.25, 0.3) is 5.56 Å². The van der Waals surface area contributed by atoms with Gasteiger partial charge in [0, 0.05) is 24.2 Å². The Bertz CT molecular complexity index is 1380. The largest absolute Gasteiger partial charge is 0.322 e. The molecule has 1 N–H and O–H groups in total. The Balaban J connectivity index is 1.77. The zero-order valence-electron chi connectivity index (χ0n) is 17.5. The minimum absolute atomic E-state index is 0.0236. The molecule has 0 radical (unpaired) electrons. The molecular formula is C25H24N2O3S. The normalized spacial score (nSPS) is 11.8. The zero-order chi connectivity index (χ0) is 22.0. The van der Waals surface area contributed by atoms with Crippen LogP contribution < -0.4 is 5.56 Å². The number of rotatable bonds is 6. The van der Waals surface area contributed by atoms with Gasteiger partial charge in [-0.1, -0.05) is 60.2 Å². The summed E-state index contributed by atoms with van der Waals surface area (Å²) in [4.78, 5) is 15.9. The van der Waals surface area contributed by atoms with E-state index in [4.69, 9.17) is 0 Å². The van der Waals surface area contributed by atoms with E-state index >= 15 is 0 Å². The van der Waals surface area contributed by atoms with Crippen molar-refractivity contribution in [3.63, 3.8) is 0 Å². The van der Waals surface area contributed by atoms with Crippen LogP contribution in [0.1, 0.15) is 22.3 Å². The third kappa shape index (κ3) is 4.60. The third-order valence-electron chi connectivity index (χ3n) is 5.29. The summed E-state index contributed by atoms with van der Waals surface area (Å²) in [5.41, 5.74) is 3.74. The topological polar surface area (TPSA) is 70.2 Å². The van der Waals surface area contributed by atoms with Crippen molar-refractivity contribution in [2.45, 2.75) is 31.8 Å². The van der Waals surface area contributed by atoms with E-state index < -0.39 is 10.0 Å². The fourth-order valence-corrected chi connectivity index (χ4v) is 4.95. The van der Waals surface area contributed by atoms with E-state index in [0.29, 0.717) is 5.56 Å². The van der Waals surface area contributed by atoms with Crippen molar-refractivity contribution in [2.24, 2.45) is 0 Å². The molecule has 0 bridgehead atoms. The highest BCUT2D eigenvalue weighted by atomic mass is 32.2. The average molecular weight is 433 g/mol. The van der Waals surface area contributed by atoms with Gasteiger partial charge < -0.3 is 4.98 Å². The van der Waals surface area contributed by atoms with Crippen molar-refractivity contribution in [3.8, 4) is 0 Å². The Kier molecular flexibility index (Phi) is 5.76. The Morgan fingerprint density at radius 1 is 0.806 bits per heavy atom. The summed E-state index contributed by atoms with van der Waals surface area (Å²) in [6.45, 7) is 4.02. The summed E-state index contributed by atoms with van der Waals surface area (Å²) in [5.74, 6) is 0. The highest BCUT2D eigenvalue weighted by Gasteiger charge is 2.26. The predicted octanol–water partition coefficient (Wildman–Crippen LogP) is 4.54. The van der Waals surface area contributed by atoms with Gasteiger partial charge in [0.2, 0.25) is 10.0 Å². The van der Waals surface area contributed by atoms with Gasteiger partial charge in [0.1, 0.15) is 0 Å². The second-order valence-electron chi connectivity index (χ2n) is 7.79. The van der Waals surface area contributed by atoms with Crippen LogP contribution in [0.15, 0.2) is 88.6 Å². The maximum Gasteiger partial charge on any atom is 0.252 e. The molecule has 4 rings (SSSR count). The first-order valence-electron chi connectivity index (χ1n) is 10.1. The second-order valence-corrected chi connectivity index (χ2v) is 9.72. The molecule has 4 aromatic rings. The molecule has 0 aliphatic rings. The number of aromatic amines is 1. The number of aryl methyl sites for hydroxylation is 2. The molecule has 3 aromatic carbocycles. The minimum Gasteiger partial charge on any atom is -0.322 e. The molecule has 6 heteroatoms. The molecule has 1 aromatic heterocycles. The standard InChI is InChI=1S/C25H24N2O3S/c1-18-9-12-23(13-10-18)31(29,30)27(16-20-6-4-3-5-7-20)17-22-15-21-11-8-19(2)14-24(21)26-25(22)28/h3-15H,16-17H2,1-2H3,(H,26,28). The minimum atomic E-state index is -3.81. The van der Waals surface area contributed by atoms with Gasteiger partial charge in [-0.2, -0.15) is 4.31 Å². The van der Waals surface area contributed by atoms with Crippen LogP contribution >= 0.6 is 0 Å². The first-order chi connectivity index (χ1) is 14.8. The van der Waals surface area contributed by atoms with Crippen molar-refractivity contribution < 1.29 is 8.42 Å². The number of hydrogen-bond acceptors (Lipinski definition) is 3. The number of fused-ring (bicyclic) bond motifs is 1. The summed E-state index contributed by atoms with van der Waals surface area (Å²) < 4.78 is 28.3. The molecule has 31 heavy (non-hydrogen) atoms. The van der Waals surface area contributed by atoms with Crippen LogP contribution in [-0.2, 0) is 23.1 Å². The van der Waals surface area contributed by atoms with Crippen LogP contribution in [0, 0.1) is 13.8 Å². The number of nitrogens with one attached hydrogen (secondary N) is 1. The van der Waals surface area contributed by atoms with Crippen molar-refractivity contribution in [3.05, 3.63) is 111 Å². The molecule has 5 nitrogen and oxygen atoms in total. The van der Waals surface area contributed by atoms with Crippen LogP contribution in [0.25, 0.3) is 10.9 Å². The molecule has 0 aliphatic carbocycles. The molecule has 0 spiro atoms. The van der Waals surface area contributed by atoms with E-state index in [2.05, 4.69) is 4.98 Å². The number of sulfonamides is 1. The lowest BCUT2D eigenvalue weighted by Crippen LogP contribution is -2.32. The lowest BCUT2D eigenvalue weighted by atomic mass is 10.1. The van der Waals surface area contributed by atoms with Crippen LogP contribution in [0.4, 0.5) is 0 Å². The van der Waals surface area contributed by atoms with E-state index in [1.807, 2.05) is 62.4 Å². The fraction of sp³-hybridized carbons (Fsp3) is 0.160. The molecule has 0 unspecified atom stereocenters. The molecule has 0 saturated heterocycles. The third-order valence-corrected chi connectivity index (χ3v) is 7.09. The quantitative estimate of drug-likeness (QED) is 0.486. The Morgan fingerprint density at radius 2 is 1.48 bits per heavy atom. The van der Waals surface area contributed by atoms with Crippen molar-refractivity contribution in [1.29, 1.82) is 0 Å². The molecule has 0 amide bonds. The van der Waals surface area contributed by atoms with Crippen molar-refractivity contribution in [2.75, 3.05) is 0 Å². The van der Waals surface area contributed by atoms with Crippen LogP contribution in [0.2, 0.25) is 0 Å². The van der Waals surface area contributed by atoms with Gasteiger partial charge in [-0.3, -0.25) is 4.79 Å². The summed E-state index contributed by atoms with van der Waals surface area (Å²) in [5, 5.41) is 0.868. The molecule has 0 saturated carbocycles. The van der Waals surface area contributed by atoms with Crippen molar-refractivity contribution in [1.82, 2.24) is 9.29 Å². The van der Waals surface area contributed by atoms with E-state index in [1.165, 1.54) is 4.31 Å². The van der Waals surface area contributed by atoms with Crippen molar-refractivity contribution >= 4 is 20.9 Å². The maximum absolute atomic E-state index is 13.5. The number of benzene rings is 3. The Hall–Kier alpha value is -3.22. The Morgan fingerprint density at radius 3 is 2.19 bits per heavy atom. The fourth-order valence-electron chi connectivity index (χ4n) is 3.54. The van der Waals surface area contributed by atoms with Gasteiger partial charge in [0.15, 0.2) is 0 Å². The summed E-state index contributed by atoms with van der Waals surface area (Å²) in [6, 6.07) is 23.7. The highest BCUT2D eigenvalue weighted by molar-refractivity contribution is 7.89. The number of nitrogens with zero attached hydrogens (tertiary/aromatic N) is 1. The van der Waals surface area contributed by atoms with E-state index in [-0.39, 0.29) is 23.5 Å². The van der Waals surface area contributed by atoms with Crippen LogP contribution in [-0.4, -0.2) is 17.7 Å². The number of H-pyrrole nitrogens is 1. The average Bonchev–Trinajstić information content (AvgIpc) is 2.75. The monoisotopic (exact) mass is 432 g/mol. The molecule has 0 atom stereocenters.